The van der Waals surface area contributed by atoms with Crippen molar-refractivity contribution in [2.75, 3.05) is 19.5 Å². The van der Waals surface area contributed by atoms with Gasteiger partial charge in [0.15, 0.2) is 0 Å². The lowest BCUT2D eigenvalue weighted by Crippen LogP contribution is -2.45. The van der Waals surface area contributed by atoms with E-state index in [-0.39, 0.29) is 5.97 Å². The number of hydrogen-bond acceptors (Lipinski definition) is 4. The second kappa shape index (κ2) is 4.28. The van der Waals surface area contributed by atoms with Crippen molar-refractivity contribution in [3.8, 4) is 5.75 Å². The van der Waals surface area contributed by atoms with Gasteiger partial charge in [0.2, 0.25) is 0 Å². The molecular formula is C13H17NO3. The molecule has 0 spiro atoms. The summed E-state index contributed by atoms with van der Waals surface area (Å²) < 4.78 is 10.2. The van der Waals surface area contributed by atoms with Crippen LogP contribution in [-0.4, -0.2) is 25.7 Å². The van der Waals surface area contributed by atoms with Crippen LogP contribution in [0.4, 0.5) is 5.69 Å². The molecule has 1 aliphatic heterocycles. The highest BCUT2D eigenvalue weighted by molar-refractivity contribution is 5.88. The Morgan fingerprint density at radius 1 is 1.47 bits per heavy atom. The van der Waals surface area contributed by atoms with Crippen LogP contribution in [0.3, 0.4) is 0 Å². The Morgan fingerprint density at radius 3 is 2.82 bits per heavy atom. The van der Waals surface area contributed by atoms with Gasteiger partial charge >= 0.3 is 5.97 Å². The standard InChI is InChI=1S/C13H17NO3/c1-4-13(12(15)17-3)8-9-10(14-13)6-5-7-11(9)16-2/h5-7,14H,4,8H2,1-3H3. The SMILES string of the molecule is CCC1(C(=O)OC)Cc2c(cccc2OC)N1. The number of methoxy groups -OCH3 is 2. The molecule has 92 valence electrons. The molecule has 0 aromatic heterocycles. The average Bonchev–Trinajstić information content (AvgIpc) is 2.77. The Labute approximate surface area is 101 Å². The third-order valence-electron chi connectivity index (χ3n) is 3.39. The van der Waals surface area contributed by atoms with E-state index in [0.29, 0.717) is 12.8 Å². The molecule has 1 unspecified atom stereocenters. The monoisotopic (exact) mass is 235 g/mol. The molecule has 1 aliphatic rings. The number of esters is 1. The molecule has 0 saturated carbocycles. The van der Waals surface area contributed by atoms with Gasteiger partial charge in [0, 0.05) is 17.7 Å². The van der Waals surface area contributed by atoms with Gasteiger partial charge in [-0.3, -0.25) is 0 Å². The molecule has 1 N–H and O–H groups in total. The highest BCUT2D eigenvalue weighted by Crippen LogP contribution is 2.40. The molecule has 4 heteroatoms. The van der Waals surface area contributed by atoms with Crippen molar-refractivity contribution in [3.63, 3.8) is 0 Å². The van der Waals surface area contributed by atoms with Crippen LogP contribution >= 0.6 is 0 Å². The number of benzene rings is 1. The molecular weight excluding hydrogens is 218 g/mol. The van der Waals surface area contributed by atoms with Crippen LogP contribution in [0, 0.1) is 0 Å². The van der Waals surface area contributed by atoms with Crippen LogP contribution in [-0.2, 0) is 16.0 Å². The quantitative estimate of drug-likeness (QED) is 0.814. The molecule has 1 heterocycles. The third-order valence-corrected chi connectivity index (χ3v) is 3.39. The van der Waals surface area contributed by atoms with Crippen molar-refractivity contribution in [1.82, 2.24) is 0 Å². The molecule has 0 saturated heterocycles. The number of anilines is 1. The van der Waals surface area contributed by atoms with Crippen molar-refractivity contribution in [2.24, 2.45) is 0 Å². The first kappa shape index (κ1) is 11.8. The first-order valence-corrected chi connectivity index (χ1v) is 5.69. The van der Waals surface area contributed by atoms with E-state index >= 15 is 0 Å². The van der Waals surface area contributed by atoms with Gasteiger partial charge in [0.25, 0.3) is 0 Å². The summed E-state index contributed by atoms with van der Waals surface area (Å²) in [6, 6.07) is 5.77. The second-order valence-electron chi connectivity index (χ2n) is 4.22. The lowest BCUT2D eigenvalue weighted by Gasteiger charge is -2.25. The van der Waals surface area contributed by atoms with Gasteiger partial charge in [0.1, 0.15) is 11.3 Å². The minimum Gasteiger partial charge on any atom is -0.496 e. The zero-order valence-corrected chi connectivity index (χ0v) is 10.4. The molecule has 1 aromatic carbocycles. The van der Waals surface area contributed by atoms with Crippen LogP contribution in [0.2, 0.25) is 0 Å². The van der Waals surface area contributed by atoms with Gasteiger partial charge < -0.3 is 14.8 Å². The summed E-state index contributed by atoms with van der Waals surface area (Å²) in [5.41, 5.74) is 1.35. The van der Waals surface area contributed by atoms with Gasteiger partial charge in [-0.05, 0) is 18.6 Å². The van der Waals surface area contributed by atoms with Gasteiger partial charge in [-0.15, -0.1) is 0 Å². The van der Waals surface area contributed by atoms with Crippen molar-refractivity contribution in [2.45, 2.75) is 25.3 Å². The Bertz CT molecular complexity index is 444. The van der Waals surface area contributed by atoms with Crippen molar-refractivity contribution < 1.29 is 14.3 Å². The van der Waals surface area contributed by atoms with Gasteiger partial charge in [-0.1, -0.05) is 13.0 Å². The zero-order valence-electron chi connectivity index (χ0n) is 10.4. The van der Waals surface area contributed by atoms with E-state index in [2.05, 4.69) is 5.32 Å². The van der Waals surface area contributed by atoms with E-state index in [9.17, 15) is 4.79 Å². The summed E-state index contributed by atoms with van der Waals surface area (Å²) in [5, 5.41) is 3.27. The van der Waals surface area contributed by atoms with Crippen LogP contribution in [0.5, 0.6) is 5.75 Å². The highest BCUT2D eigenvalue weighted by Gasteiger charge is 2.44. The number of nitrogens with one attached hydrogen (secondary N) is 1. The van der Waals surface area contributed by atoms with Crippen molar-refractivity contribution in [1.29, 1.82) is 0 Å². The normalized spacial score (nSPS) is 21.6. The van der Waals surface area contributed by atoms with Crippen LogP contribution in [0.25, 0.3) is 0 Å². The summed E-state index contributed by atoms with van der Waals surface area (Å²) >= 11 is 0. The molecule has 0 amide bonds. The Hall–Kier alpha value is -1.71. The van der Waals surface area contributed by atoms with Crippen LogP contribution < -0.4 is 10.1 Å². The second-order valence-corrected chi connectivity index (χ2v) is 4.22. The minimum absolute atomic E-state index is 0.224. The number of carbonyl (C=O) groups is 1. The largest absolute Gasteiger partial charge is 0.496 e. The van der Waals surface area contributed by atoms with E-state index in [1.54, 1.807) is 7.11 Å². The molecule has 17 heavy (non-hydrogen) atoms. The summed E-state index contributed by atoms with van der Waals surface area (Å²) in [6.45, 7) is 1.97. The fraction of sp³-hybridized carbons (Fsp3) is 0.462. The first-order valence-electron chi connectivity index (χ1n) is 5.69. The Morgan fingerprint density at radius 2 is 2.24 bits per heavy atom. The summed E-state index contributed by atoms with van der Waals surface area (Å²) in [5.74, 6) is 0.590. The van der Waals surface area contributed by atoms with Gasteiger partial charge in [0.05, 0.1) is 14.2 Å². The Kier molecular flexibility index (Phi) is 2.96. The number of rotatable bonds is 3. The van der Waals surface area contributed by atoms with Gasteiger partial charge in [-0.2, -0.15) is 0 Å². The lowest BCUT2D eigenvalue weighted by atomic mass is 9.92. The molecule has 0 aliphatic carbocycles. The number of hydrogen-bond donors (Lipinski definition) is 1. The zero-order chi connectivity index (χ0) is 12.5. The predicted molar refractivity (Wildman–Crippen MR) is 65.4 cm³/mol. The number of fused-ring (bicyclic) bond motifs is 1. The molecule has 1 atom stereocenters. The summed E-state index contributed by atoms with van der Waals surface area (Å²) in [7, 11) is 3.06. The van der Waals surface area contributed by atoms with E-state index in [0.717, 1.165) is 17.0 Å². The highest BCUT2D eigenvalue weighted by atomic mass is 16.5. The average molecular weight is 235 g/mol. The maximum absolute atomic E-state index is 11.9. The molecule has 2 rings (SSSR count). The van der Waals surface area contributed by atoms with E-state index in [4.69, 9.17) is 9.47 Å². The maximum atomic E-state index is 11.9. The van der Waals surface area contributed by atoms with Crippen molar-refractivity contribution >= 4 is 11.7 Å². The fourth-order valence-electron chi connectivity index (χ4n) is 2.34. The van der Waals surface area contributed by atoms with E-state index < -0.39 is 5.54 Å². The van der Waals surface area contributed by atoms with E-state index in [1.807, 2.05) is 25.1 Å². The summed E-state index contributed by atoms with van der Waals surface area (Å²) in [4.78, 5) is 11.9. The Balaban J connectivity index is 2.40. The lowest BCUT2D eigenvalue weighted by molar-refractivity contribution is -0.145. The molecule has 0 bridgehead atoms. The first-order chi connectivity index (χ1) is 8.16. The van der Waals surface area contributed by atoms with Gasteiger partial charge in [-0.25, -0.2) is 4.79 Å². The minimum atomic E-state index is -0.647. The molecule has 0 fully saturated rings. The number of ether oxygens (including phenoxy) is 2. The van der Waals surface area contributed by atoms with Crippen LogP contribution in [0.15, 0.2) is 18.2 Å². The smallest absolute Gasteiger partial charge is 0.331 e. The fourth-order valence-corrected chi connectivity index (χ4v) is 2.34. The number of carbonyl (C=O) groups excluding carboxylic acids is 1. The van der Waals surface area contributed by atoms with E-state index in [1.165, 1.54) is 7.11 Å². The summed E-state index contributed by atoms with van der Waals surface area (Å²) in [6.07, 6.45) is 1.28. The van der Waals surface area contributed by atoms with Crippen LogP contribution in [0.1, 0.15) is 18.9 Å². The molecule has 4 nitrogen and oxygen atoms in total. The predicted octanol–water partition coefficient (Wildman–Crippen LogP) is 1.98. The topological polar surface area (TPSA) is 47.6 Å². The maximum Gasteiger partial charge on any atom is 0.331 e. The van der Waals surface area contributed by atoms with Crippen molar-refractivity contribution in [3.05, 3.63) is 23.8 Å². The third kappa shape index (κ3) is 1.73. The molecule has 1 aromatic rings. The molecule has 0 radical (unpaired) electrons.